The molecule has 0 aromatic heterocycles. The second kappa shape index (κ2) is 11.6. The summed E-state index contributed by atoms with van der Waals surface area (Å²) in [5, 5.41) is 10.1. The van der Waals surface area contributed by atoms with Crippen molar-refractivity contribution in [3.63, 3.8) is 0 Å². The molecular weight excluding hydrogens is 296 g/mol. The molecule has 0 aliphatic carbocycles. The van der Waals surface area contributed by atoms with E-state index in [4.69, 9.17) is 9.47 Å². The fraction of sp³-hybridized carbons (Fsp3) is 0.706. The van der Waals surface area contributed by atoms with Crippen molar-refractivity contribution in [1.82, 2.24) is 0 Å². The van der Waals surface area contributed by atoms with Crippen LogP contribution in [0.3, 0.4) is 0 Å². The van der Waals surface area contributed by atoms with Gasteiger partial charge in [0.2, 0.25) is 0 Å². The molecule has 0 fully saturated rings. The fourth-order valence-corrected chi connectivity index (χ4v) is 2.66. The Labute approximate surface area is 136 Å². The van der Waals surface area contributed by atoms with E-state index in [9.17, 15) is 9.90 Å². The molecule has 0 aromatic rings. The Morgan fingerprint density at radius 2 is 1.91 bits per heavy atom. The third kappa shape index (κ3) is 11.7. The van der Waals surface area contributed by atoms with Gasteiger partial charge in [-0.3, -0.25) is 0 Å². The predicted molar refractivity (Wildman–Crippen MR) is 93.7 cm³/mol. The van der Waals surface area contributed by atoms with Crippen molar-refractivity contribution < 1.29 is 19.4 Å². The van der Waals surface area contributed by atoms with E-state index in [-0.39, 0.29) is 0 Å². The van der Waals surface area contributed by atoms with Crippen molar-refractivity contribution in [1.29, 1.82) is 0 Å². The Balaban J connectivity index is 4.45. The fourth-order valence-electron chi connectivity index (χ4n) is 1.79. The van der Waals surface area contributed by atoms with Crippen LogP contribution in [0.5, 0.6) is 0 Å². The maximum Gasteiger partial charge on any atom is 0.330 e. The van der Waals surface area contributed by atoms with E-state index in [1.807, 2.05) is 13.0 Å². The summed E-state index contributed by atoms with van der Waals surface area (Å²) in [6.07, 6.45) is 7.45. The summed E-state index contributed by atoms with van der Waals surface area (Å²) >= 11 is 0. The maximum atomic E-state index is 11.4. The van der Waals surface area contributed by atoms with Crippen LogP contribution in [0.15, 0.2) is 24.3 Å². The van der Waals surface area contributed by atoms with Crippen LogP contribution in [0.1, 0.15) is 26.7 Å². The number of hydrogen-bond donors (Lipinski definition) is 1. The zero-order valence-electron chi connectivity index (χ0n) is 14.7. The van der Waals surface area contributed by atoms with Gasteiger partial charge in [0, 0.05) is 14.1 Å². The van der Waals surface area contributed by atoms with Gasteiger partial charge in [-0.15, -0.1) is 0 Å². The normalized spacial score (nSPS) is 15.4. The standard InChI is InChI=1S/C17H32O4Si/c1-6-10-15(18)16(11-12-17(19)20-7-2)21-13-8-9-14-22(3,4)5/h8-9,11-12,15-16,18H,6-7,10,13-14H2,1-5H3/b9-8+,12-11+/t15-,16+/m1/s1. The van der Waals surface area contributed by atoms with E-state index in [0.29, 0.717) is 19.6 Å². The Morgan fingerprint density at radius 1 is 1.23 bits per heavy atom. The molecule has 0 aliphatic heterocycles. The second-order valence-electron chi connectivity index (χ2n) is 6.50. The lowest BCUT2D eigenvalue weighted by atomic mass is 10.1. The first-order chi connectivity index (χ1) is 10.3. The Bertz CT molecular complexity index is 358. The van der Waals surface area contributed by atoms with E-state index in [1.54, 1.807) is 13.0 Å². The average Bonchev–Trinajstić information content (AvgIpc) is 2.41. The first kappa shape index (κ1) is 21.1. The van der Waals surface area contributed by atoms with Crippen molar-refractivity contribution in [3.8, 4) is 0 Å². The van der Waals surface area contributed by atoms with Gasteiger partial charge < -0.3 is 14.6 Å². The van der Waals surface area contributed by atoms with E-state index < -0.39 is 26.3 Å². The topological polar surface area (TPSA) is 55.8 Å². The van der Waals surface area contributed by atoms with Crippen LogP contribution in [0.25, 0.3) is 0 Å². The van der Waals surface area contributed by atoms with Crippen molar-refractivity contribution in [2.24, 2.45) is 0 Å². The third-order valence-electron chi connectivity index (χ3n) is 2.95. The van der Waals surface area contributed by atoms with Crippen LogP contribution in [-0.2, 0) is 14.3 Å². The summed E-state index contributed by atoms with van der Waals surface area (Å²) in [7, 11) is -1.08. The number of esters is 1. The quantitative estimate of drug-likeness (QED) is 0.273. The molecule has 0 heterocycles. The minimum absolute atomic E-state index is 0.339. The molecule has 0 aliphatic rings. The number of aliphatic hydroxyl groups excluding tert-OH is 1. The molecule has 0 bridgehead atoms. The number of carbonyl (C=O) groups is 1. The highest BCUT2D eigenvalue weighted by Gasteiger charge is 2.16. The van der Waals surface area contributed by atoms with E-state index in [1.165, 1.54) is 6.08 Å². The SMILES string of the molecule is CCC[C@@H](O)[C@H](/C=C/C(=O)OCC)OC/C=C/C[Si](C)(C)C. The Hall–Kier alpha value is -0.913. The average molecular weight is 329 g/mol. The largest absolute Gasteiger partial charge is 0.463 e. The van der Waals surface area contributed by atoms with Crippen molar-refractivity contribution in [3.05, 3.63) is 24.3 Å². The van der Waals surface area contributed by atoms with Gasteiger partial charge in [-0.2, -0.15) is 0 Å². The number of aliphatic hydroxyl groups is 1. The van der Waals surface area contributed by atoms with Gasteiger partial charge in [0.25, 0.3) is 0 Å². The molecule has 128 valence electrons. The van der Waals surface area contributed by atoms with Gasteiger partial charge in [-0.1, -0.05) is 45.1 Å². The highest BCUT2D eigenvalue weighted by atomic mass is 28.3. The molecule has 4 nitrogen and oxygen atoms in total. The molecule has 22 heavy (non-hydrogen) atoms. The molecule has 0 unspecified atom stereocenters. The van der Waals surface area contributed by atoms with Gasteiger partial charge >= 0.3 is 5.97 Å². The summed E-state index contributed by atoms with van der Waals surface area (Å²) < 4.78 is 10.5. The number of hydrogen-bond acceptors (Lipinski definition) is 4. The monoisotopic (exact) mass is 328 g/mol. The second-order valence-corrected chi connectivity index (χ2v) is 12.0. The molecule has 0 saturated carbocycles. The molecule has 0 radical (unpaired) electrons. The smallest absolute Gasteiger partial charge is 0.330 e. The van der Waals surface area contributed by atoms with Crippen LogP contribution >= 0.6 is 0 Å². The zero-order chi connectivity index (χ0) is 17.0. The maximum absolute atomic E-state index is 11.4. The highest BCUT2D eigenvalue weighted by Crippen LogP contribution is 2.10. The van der Waals surface area contributed by atoms with Crippen LogP contribution in [0, 0.1) is 0 Å². The number of carbonyl (C=O) groups excluding carboxylic acids is 1. The summed E-state index contributed by atoms with van der Waals surface area (Å²) in [6.45, 7) is 11.5. The number of ether oxygens (including phenoxy) is 2. The molecule has 0 rings (SSSR count). The van der Waals surface area contributed by atoms with Gasteiger partial charge in [0.15, 0.2) is 0 Å². The van der Waals surface area contributed by atoms with Crippen LogP contribution in [0.2, 0.25) is 25.7 Å². The van der Waals surface area contributed by atoms with Crippen LogP contribution in [-0.4, -0.2) is 44.6 Å². The summed E-state index contributed by atoms with van der Waals surface area (Å²) in [5.74, 6) is -0.408. The summed E-state index contributed by atoms with van der Waals surface area (Å²) in [4.78, 5) is 11.4. The molecular formula is C17H32O4Si. The minimum Gasteiger partial charge on any atom is -0.463 e. The number of allylic oxidation sites excluding steroid dienone is 1. The van der Waals surface area contributed by atoms with Crippen molar-refractivity contribution >= 4 is 14.0 Å². The minimum atomic E-state index is -1.08. The van der Waals surface area contributed by atoms with E-state index in [0.717, 1.165) is 12.5 Å². The van der Waals surface area contributed by atoms with Crippen molar-refractivity contribution in [2.75, 3.05) is 13.2 Å². The number of rotatable bonds is 11. The third-order valence-corrected chi connectivity index (χ3v) is 4.41. The van der Waals surface area contributed by atoms with E-state index >= 15 is 0 Å². The van der Waals surface area contributed by atoms with Crippen molar-refractivity contribution in [2.45, 2.75) is 64.6 Å². The van der Waals surface area contributed by atoms with Gasteiger partial charge in [-0.05, 0) is 25.5 Å². The molecule has 2 atom stereocenters. The van der Waals surface area contributed by atoms with Gasteiger partial charge in [-0.25, -0.2) is 4.79 Å². The molecule has 0 aromatic carbocycles. The Morgan fingerprint density at radius 3 is 2.45 bits per heavy atom. The summed E-state index contributed by atoms with van der Waals surface area (Å²) in [5.41, 5.74) is 0. The van der Waals surface area contributed by atoms with Gasteiger partial charge in [0.05, 0.1) is 19.3 Å². The lowest BCUT2D eigenvalue weighted by Crippen LogP contribution is -2.27. The Kier molecular flexibility index (Phi) is 11.1. The summed E-state index contributed by atoms with van der Waals surface area (Å²) in [6, 6.07) is 1.11. The predicted octanol–water partition coefficient (Wildman–Crippen LogP) is 3.55. The molecule has 5 heteroatoms. The van der Waals surface area contributed by atoms with E-state index in [2.05, 4.69) is 25.7 Å². The van der Waals surface area contributed by atoms with Crippen LogP contribution < -0.4 is 0 Å². The lowest BCUT2D eigenvalue weighted by molar-refractivity contribution is -0.137. The zero-order valence-corrected chi connectivity index (χ0v) is 15.7. The lowest BCUT2D eigenvalue weighted by Gasteiger charge is -2.19. The first-order valence-corrected chi connectivity index (χ1v) is 11.8. The van der Waals surface area contributed by atoms with Crippen LogP contribution in [0.4, 0.5) is 0 Å². The van der Waals surface area contributed by atoms with Gasteiger partial charge in [0.1, 0.15) is 6.10 Å². The molecule has 0 amide bonds. The first-order valence-electron chi connectivity index (χ1n) is 8.09. The molecule has 1 N–H and O–H groups in total. The molecule has 0 saturated heterocycles. The highest BCUT2D eigenvalue weighted by molar-refractivity contribution is 6.76. The molecule has 0 spiro atoms.